The number of aliphatic hydroxyl groups is 1. The molecule has 0 saturated heterocycles. The van der Waals surface area contributed by atoms with Gasteiger partial charge in [0.05, 0.1) is 6.04 Å². The van der Waals surface area contributed by atoms with Crippen molar-refractivity contribution in [2.45, 2.75) is 58.4 Å². The van der Waals surface area contributed by atoms with E-state index in [-0.39, 0.29) is 6.54 Å². The van der Waals surface area contributed by atoms with Crippen LogP contribution in [0.5, 0.6) is 0 Å². The molecule has 0 aliphatic carbocycles. The van der Waals surface area contributed by atoms with E-state index in [1.165, 1.54) is 4.90 Å². The summed E-state index contributed by atoms with van der Waals surface area (Å²) in [5, 5.41) is 21.0. The van der Waals surface area contributed by atoms with Crippen LogP contribution in [0.3, 0.4) is 0 Å². The Morgan fingerprint density at radius 1 is 1.46 bits per heavy atom. The van der Waals surface area contributed by atoms with Crippen LogP contribution < -0.4 is 0 Å². The predicted octanol–water partition coefficient (Wildman–Crippen LogP) is 2.29. The van der Waals surface area contributed by atoms with Crippen LogP contribution in [0.15, 0.2) is 18.2 Å². The molecule has 0 bridgehead atoms. The van der Waals surface area contributed by atoms with Crippen molar-refractivity contribution in [2.75, 3.05) is 6.54 Å². The molecule has 7 heteroatoms. The van der Waals surface area contributed by atoms with Gasteiger partial charge in [-0.05, 0) is 45.2 Å². The third-order valence-corrected chi connectivity index (χ3v) is 3.94. The number of carbonyl (C=O) groups is 1. The highest BCUT2D eigenvalue weighted by atomic mass is 16.6. The lowest BCUT2D eigenvalue weighted by Crippen LogP contribution is -2.53. The predicted molar refractivity (Wildman–Crippen MR) is 88.3 cm³/mol. The molecule has 1 amide bonds. The fraction of sp³-hybridized carbons (Fsp3) is 0.588. The Balaban J connectivity index is 2.31. The van der Waals surface area contributed by atoms with Crippen LogP contribution in [0.4, 0.5) is 4.79 Å². The summed E-state index contributed by atoms with van der Waals surface area (Å²) in [5.74, 6) is 0. The molecule has 2 atom stereocenters. The molecule has 0 radical (unpaired) electrons. The van der Waals surface area contributed by atoms with Gasteiger partial charge in [0.25, 0.3) is 0 Å². The van der Waals surface area contributed by atoms with Crippen molar-refractivity contribution in [3.05, 3.63) is 45.0 Å². The smallest absolute Gasteiger partial charge is 0.410 e. The standard InChI is InChI=1S/C17H24N2O5/c1-11-5-6-12-8-14(15(20)10-19(22)23)18(9-13(12)7-11)16(21)24-17(2,3)4/h5-7,14-15,20H,8-10H2,1-4H3/t14-,15+/m0/s1. The van der Waals surface area contributed by atoms with Gasteiger partial charge in [-0.25, -0.2) is 4.79 Å². The number of hydrogen-bond donors (Lipinski definition) is 1. The Bertz CT molecular complexity index is 638. The number of fused-ring (bicyclic) bond motifs is 1. The van der Waals surface area contributed by atoms with Gasteiger partial charge in [-0.3, -0.25) is 15.0 Å². The average Bonchev–Trinajstić information content (AvgIpc) is 2.43. The highest BCUT2D eigenvalue weighted by molar-refractivity contribution is 5.69. The molecule has 2 rings (SSSR count). The number of aryl methyl sites for hydroxylation is 1. The average molecular weight is 336 g/mol. The number of ether oxygens (including phenoxy) is 1. The molecule has 0 saturated carbocycles. The Kier molecular flexibility index (Phi) is 5.13. The van der Waals surface area contributed by atoms with Crippen molar-refractivity contribution in [2.24, 2.45) is 0 Å². The van der Waals surface area contributed by atoms with Crippen LogP contribution in [-0.4, -0.2) is 45.3 Å². The molecular formula is C17H24N2O5. The fourth-order valence-electron chi connectivity index (χ4n) is 2.88. The Morgan fingerprint density at radius 3 is 2.71 bits per heavy atom. The zero-order chi connectivity index (χ0) is 18.1. The molecule has 0 aromatic heterocycles. The number of hydrogen-bond acceptors (Lipinski definition) is 5. The van der Waals surface area contributed by atoms with E-state index in [9.17, 15) is 20.0 Å². The normalized spacial score (nSPS) is 18.7. The van der Waals surface area contributed by atoms with Gasteiger partial charge in [0, 0.05) is 11.5 Å². The maximum absolute atomic E-state index is 12.5. The largest absolute Gasteiger partial charge is 0.444 e. The van der Waals surface area contributed by atoms with Crippen LogP contribution in [-0.2, 0) is 17.7 Å². The molecule has 24 heavy (non-hydrogen) atoms. The van der Waals surface area contributed by atoms with Crippen LogP contribution in [0.25, 0.3) is 0 Å². The number of aliphatic hydroxyl groups excluding tert-OH is 1. The monoisotopic (exact) mass is 336 g/mol. The summed E-state index contributed by atoms with van der Waals surface area (Å²) in [6.45, 7) is 6.91. The number of carbonyl (C=O) groups excluding carboxylic acids is 1. The third-order valence-electron chi connectivity index (χ3n) is 3.94. The highest BCUT2D eigenvalue weighted by Crippen LogP contribution is 2.28. The van der Waals surface area contributed by atoms with Crippen molar-refractivity contribution in [3.63, 3.8) is 0 Å². The third kappa shape index (κ3) is 4.44. The van der Waals surface area contributed by atoms with E-state index < -0.39 is 35.3 Å². The fourth-order valence-corrected chi connectivity index (χ4v) is 2.88. The minimum absolute atomic E-state index is 0.269. The second-order valence-electron chi connectivity index (χ2n) is 7.23. The van der Waals surface area contributed by atoms with Crippen molar-refractivity contribution < 1.29 is 19.6 Å². The SMILES string of the molecule is Cc1ccc2c(c1)CN(C(=O)OC(C)(C)C)[C@H]([C@H](O)C[N+](=O)[O-])C2. The zero-order valence-corrected chi connectivity index (χ0v) is 14.5. The number of benzene rings is 1. The van der Waals surface area contributed by atoms with E-state index in [1.54, 1.807) is 20.8 Å². The summed E-state index contributed by atoms with van der Waals surface area (Å²) < 4.78 is 5.41. The van der Waals surface area contributed by atoms with Gasteiger partial charge < -0.3 is 9.84 Å². The van der Waals surface area contributed by atoms with Gasteiger partial charge in [-0.15, -0.1) is 0 Å². The van der Waals surface area contributed by atoms with E-state index in [0.717, 1.165) is 16.7 Å². The zero-order valence-electron chi connectivity index (χ0n) is 14.5. The molecule has 1 aromatic rings. The van der Waals surface area contributed by atoms with Crippen molar-refractivity contribution in [1.29, 1.82) is 0 Å². The summed E-state index contributed by atoms with van der Waals surface area (Å²) >= 11 is 0. The molecule has 0 unspecified atom stereocenters. The Morgan fingerprint density at radius 2 is 2.12 bits per heavy atom. The minimum Gasteiger partial charge on any atom is -0.444 e. The minimum atomic E-state index is -1.25. The van der Waals surface area contributed by atoms with Crippen molar-refractivity contribution >= 4 is 6.09 Å². The van der Waals surface area contributed by atoms with Gasteiger partial charge in [0.2, 0.25) is 6.54 Å². The van der Waals surface area contributed by atoms with Crippen molar-refractivity contribution in [3.8, 4) is 0 Å². The molecule has 1 N–H and O–H groups in total. The molecule has 1 heterocycles. The van der Waals surface area contributed by atoms with E-state index in [2.05, 4.69) is 0 Å². The Hall–Kier alpha value is -2.15. The summed E-state index contributed by atoms with van der Waals surface area (Å²) in [7, 11) is 0. The second kappa shape index (κ2) is 6.76. The first-order valence-corrected chi connectivity index (χ1v) is 7.94. The van der Waals surface area contributed by atoms with Crippen LogP contribution in [0.1, 0.15) is 37.5 Å². The molecule has 0 spiro atoms. The number of amides is 1. The van der Waals surface area contributed by atoms with Gasteiger partial charge in [-0.2, -0.15) is 0 Å². The summed E-state index contributed by atoms with van der Waals surface area (Å²) in [5.41, 5.74) is 2.36. The first-order chi connectivity index (χ1) is 11.1. The molecule has 1 aliphatic heterocycles. The van der Waals surface area contributed by atoms with Crippen LogP contribution in [0.2, 0.25) is 0 Å². The quantitative estimate of drug-likeness (QED) is 0.675. The van der Waals surface area contributed by atoms with Gasteiger partial charge in [0.15, 0.2) is 0 Å². The van der Waals surface area contributed by atoms with Gasteiger partial charge >= 0.3 is 6.09 Å². The summed E-state index contributed by atoms with van der Waals surface area (Å²) in [4.78, 5) is 24.1. The highest BCUT2D eigenvalue weighted by Gasteiger charge is 2.38. The van der Waals surface area contributed by atoms with E-state index >= 15 is 0 Å². The number of rotatable bonds is 3. The Labute approximate surface area is 141 Å². The topological polar surface area (TPSA) is 92.9 Å². The summed E-state index contributed by atoms with van der Waals surface area (Å²) in [6, 6.07) is 5.21. The lowest BCUT2D eigenvalue weighted by atomic mass is 9.90. The van der Waals surface area contributed by atoms with E-state index in [4.69, 9.17) is 4.74 Å². The van der Waals surface area contributed by atoms with Crippen LogP contribution >= 0.6 is 0 Å². The molecule has 1 aromatic carbocycles. The molecular weight excluding hydrogens is 312 g/mol. The van der Waals surface area contributed by atoms with E-state index in [0.29, 0.717) is 6.42 Å². The van der Waals surface area contributed by atoms with Crippen molar-refractivity contribution in [1.82, 2.24) is 4.90 Å². The molecule has 0 fully saturated rings. The molecule has 132 valence electrons. The number of nitro groups is 1. The summed E-state index contributed by atoms with van der Waals surface area (Å²) in [6.07, 6.45) is -1.45. The maximum atomic E-state index is 12.5. The molecule has 1 aliphatic rings. The van der Waals surface area contributed by atoms with Gasteiger partial charge in [-0.1, -0.05) is 23.8 Å². The van der Waals surface area contributed by atoms with Crippen LogP contribution in [0, 0.1) is 17.0 Å². The van der Waals surface area contributed by atoms with Gasteiger partial charge in [0.1, 0.15) is 11.7 Å². The molecule has 7 nitrogen and oxygen atoms in total. The van der Waals surface area contributed by atoms with E-state index in [1.807, 2.05) is 25.1 Å². The lowest BCUT2D eigenvalue weighted by molar-refractivity contribution is -0.491. The first-order valence-electron chi connectivity index (χ1n) is 7.94. The lowest BCUT2D eigenvalue weighted by Gasteiger charge is -2.39. The number of nitrogens with zero attached hydrogens (tertiary/aromatic N) is 2. The second-order valence-corrected chi connectivity index (χ2v) is 7.23. The maximum Gasteiger partial charge on any atom is 0.410 e. The first kappa shape index (κ1) is 18.2.